The van der Waals surface area contributed by atoms with Crippen LogP contribution < -0.4 is 10.1 Å². The van der Waals surface area contributed by atoms with Crippen molar-refractivity contribution >= 4 is 5.91 Å². The maximum absolute atomic E-state index is 12.0. The molecule has 0 aliphatic carbocycles. The van der Waals surface area contributed by atoms with E-state index in [1.54, 1.807) is 20.1 Å². The molecule has 0 heterocycles. The molecule has 1 aromatic rings. The van der Waals surface area contributed by atoms with Crippen molar-refractivity contribution in [1.29, 1.82) is 0 Å². The largest absolute Gasteiger partial charge is 0.507 e. The fourth-order valence-electron chi connectivity index (χ4n) is 1.60. The maximum Gasteiger partial charge on any atom is 0.255 e. The Balaban J connectivity index is 2.67. The first-order valence-corrected chi connectivity index (χ1v) is 6.26. The molecule has 1 unspecified atom stereocenters. The van der Waals surface area contributed by atoms with Gasteiger partial charge in [-0.25, -0.2) is 0 Å². The molecule has 6 heteroatoms. The highest BCUT2D eigenvalue weighted by Gasteiger charge is 2.22. The SMILES string of the molecule is COCCC(C)(O)CNC(=O)c1cc(OC)ccc1O. The molecular formula is C14H21NO5. The number of phenols is 1. The molecule has 3 N–H and O–H groups in total. The number of amides is 1. The Kier molecular flexibility index (Phi) is 5.79. The van der Waals surface area contributed by atoms with Gasteiger partial charge in [0, 0.05) is 26.7 Å². The molecule has 1 aromatic carbocycles. The van der Waals surface area contributed by atoms with E-state index in [2.05, 4.69) is 5.32 Å². The predicted octanol–water partition coefficient (Wildman–Crippen LogP) is 0.918. The van der Waals surface area contributed by atoms with E-state index in [-0.39, 0.29) is 17.9 Å². The summed E-state index contributed by atoms with van der Waals surface area (Å²) in [7, 11) is 3.02. The van der Waals surface area contributed by atoms with E-state index in [4.69, 9.17) is 9.47 Å². The Morgan fingerprint density at radius 1 is 1.40 bits per heavy atom. The van der Waals surface area contributed by atoms with Gasteiger partial charge in [-0.3, -0.25) is 4.79 Å². The van der Waals surface area contributed by atoms with Crippen molar-refractivity contribution in [1.82, 2.24) is 5.32 Å². The third-order valence-corrected chi connectivity index (χ3v) is 2.92. The smallest absolute Gasteiger partial charge is 0.255 e. The van der Waals surface area contributed by atoms with Crippen LogP contribution in [0.25, 0.3) is 0 Å². The van der Waals surface area contributed by atoms with Gasteiger partial charge >= 0.3 is 0 Å². The highest BCUT2D eigenvalue weighted by Crippen LogP contribution is 2.22. The van der Waals surface area contributed by atoms with Gasteiger partial charge in [0.15, 0.2) is 0 Å². The Hall–Kier alpha value is -1.79. The van der Waals surface area contributed by atoms with E-state index in [9.17, 15) is 15.0 Å². The van der Waals surface area contributed by atoms with Crippen LogP contribution in [-0.2, 0) is 4.74 Å². The monoisotopic (exact) mass is 283 g/mol. The number of ether oxygens (including phenoxy) is 2. The van der Waals surface area contributed by atoms with Gasteiger partial charge in [-0.2, -0.15) is 0 Å². The number of aliphatic hydroxyl groups is 1. The summed E-state index contributed by atoms with van der Waals surface area (Å²) in [6.45, 7) is 2.07. The van der Waals surface area contributed by atoms with E-state index in [0.29, 0.717) is 18.8 Å². The molecule has 1 rings (SSSR count). The normalized spacial score (nSPS) is 13.6. The van der Waals surface area contributed by atoms with Gasteiger partial charge in [-0.05, 0) is 25.1 Å². The lowest BCUT2D eigenvalue weighted by atomic mass is 10.0. The van der Waals surface area contributed by atoms with E-state index < -0.39 is 11.5 Å². The topological polar surface area (TPSA) is 88.0 Å². The van der Waals surface area contributed by atoms with E-state index in [0.717, 1.165) is 0 Å². The Labute approximate surface area is 118 Å². The summed E-state index contributed by atoms with van der Waals surface area (Å²) >= 11 is 0. The second-order valence-electron chi connectivity index (χ2n) is 4.81. The second-order valence-corrected chi connectivity index (χ2v) is 4.81. The summed E-state index contributed by atoms with van der Waals surface area (Å²) in [5.74, 6) is -0.141. The van der Waals surface area contributed by atoms with Crippen LogP contribution in [0.4, 0.5) is 0 Å². The molecule has 6 nitrogen and oxygen atoms in total. The van der Waals surface area contributed by atoms with Gasteiger partial charge in [-0.1, -0.05) is 0 Å². The van der Waals surface area contributed by atoms with Crippen molar-refractivity contribution in [2.45, 2.75) is 18.9 Å². The average molecular weight is 283 g/mol. The van der Waals surface area contributed by atoms with Gasteiger partial charge in [0.05, 0.1) is 18.3 Å². The number of nitrogens with one attached hydrogen (secondary N) is 1. The molecule has 0 spiro atoms. The zero-order chi connectivity index (χ0) is 15.2. The molecule has 0 radical (unpaired) electrons. The summed E-state index contributed by atoms with van der Waals surface area (Å²) in [6, 6.07) is 4.38. The highest BCUT2D eigenvalue weighted by atomic mass is 16.5. The van der Waals surface area contributed by atoms with Crippen molar-refractivity contribution in [3.8, 4) is 11.5 Å². The van der Waals surface area contributed by atoms with Crippen molar-refractivity contribution in [2.24, 2.45) is 0 Å². The van der Waals surface area contributed by atoms with Gasteiger partial charge < -0.3 is 25.0 Å². The number of hydrogen-bond acceptors (Lipinski definition) is 5. The van der Waals surface area contributed by atoms with Crippen LogP contribution in [0, 0.1) is 0 Å². The van der Waals surface area contributed by atoms with Crippen LogP contribution in [-0.4, -0.2) is 49.1 Å². The highest BCUT2D eigenvalue weighted by molar-refractivity contribution is 5.97. The molecule has 0 bridgehead atoms. The third-order valence-electron chi connectivity index (χ3n) is 2.92. The molecule has 1 amide bonds. The van der Waals surface area contributed by atoms with Gasteiger partial charge in [0.25, 0.3) is 5.91 Å². The third kappa shape index (κ3) is 4.71. The van der Waals surface area contributed by atoms with Crippen LogP contribution in [0.5, 0.6) is 11.5 Å². The zero-order valence-corrected chi connectivity index (χ0v) is 12.0. The Morgan fingerprint density at radius 3 is 2.70 bits per heavy atom. The number of carbonyl (C=O) groups excluding carboxylic acids is 1. The predicted molar refractivity (Wildman–Crippen MR) is 74.1 cm³/mol. The van der Waals surface area contributed by atoms with Crippen molar-refractivity contribution in [3.05, 3.63) is 23.8 Å². The quantitative estimate of drug-likeness (QED) is 0.692. The fourth-order valence-corrected chi connectivity index (χ4v) is 1.60. The summed E-state index contributed by atoms with van der Waals surface area (Å²) < 4.78 is 9.89. The second kappa shape index (κ2) is 7.12. The lowest BCUT2D eigenvalue weighted by Crippen LogP contribution is -2.41. The average Bonchev–Trinajstić information content (AvgIpc) is 2.43. The minimum absolute atomic E-state index is 0.0614. The number of rotatable bonds is 7. The first-order chi connectivity index (χ1) is 9.39. The summed E-state index contributed by atoms with van der Waals surface area (Å²) in [5, 5.41) is 22.3. The molecule has 0 saturated heterocycles. The zero-order valence-electron chi connectivity index (χ0n) is 12.0. The fraction of sp³-hybridized carbons (Fsp3) is 0.500. The lowest BCUT2D eigenvalue weighted by Gasteiger charge is -2.23. The number of hydrogen-bond donors (Lipinski definition) is 3. The van der Waals surface area contributed by atoms with E-state index in [1.807, 2.05) is 0 Å². The van der Waals surface area contributed by atoms with Crippen LogP contribution in [0.1, 0.15) is 23.7 Å². The summed E-state index contributed by atoms with van der Waals surface area (Å²) in [5.41, 5.74) is -0.966. The van der Waals surface area contributed by atoms with Crippen LogP contribution in [0.2, 0.25) is 0 Å². The summed E-state index contributed by atoms with van der Waals surface area (Å²) in [6.07, 6.45) is 0.397. The molecule has 1 atom stereocenters. The molecular weight excluding hydrogens is 262 g/mol. The minimum Gasteiger partial charge on any atom is -0.507 e. The summed E-state index contributed by atoms with van der Waals surface area (Å²) in [4.78, 5) is 12.0. The lowest BCUT2D eigenvalue weighted by molar-refractivity contribution is 0.0243. The van der Waals surface area contributed by atoms with Crippen molar-refractivity contribution in [3.63, 3.8) is 0 Å². The molecule has 0 aliphatic rings. The number of carbonyl (C=O) groups is 1. The van der Waals surface area contributed by atoms with Gasteiger partial charge in [0.2, 0.25) is 0 Å². The van der Waals surface area contributed by atoms with Crippen molar-refractivity contribution in [2.75, 3.05) is 27.4 Å². The Bertz CT molecular complexity index is 459. The van der Waals surface area contributed by atoms with Crippen molar-refractivity contribution < 1.29 is 24.5 Å². The van der Waals surface area contributed by atoms with E-state index >= 15 is 0 Å². The molecule has 112 valence electrons. The standard InChI is InChI=1S/C14H21NO5/c1-14(18,6-7-19-2)9-15-13(17)11-8-10(20-3)4-5-12(11)16/h4-5,8,16,18H,6-7,9H2,1-3H3,(H,15,17). The first kappa shape index (κ1) is 16.3. The van der Waals surface area contributed by atoms with Gasteiger partial charge in [0.1, 0.15) is 11.5 Å². The Morgan fingerprint density at radius 2 is 2.10 bits per heavy atom. The number of methoxy groups -OCH3 is 2. The molecule has 0 aliphatic heterocycles. The molecule has 0 aromatic heterocycles. The molecule has 0 saturated carbocycles. The number of aromatic hydroxyl groups is 1. The van der Waals surface area contributed by atoms with Crippen LogP contribution in [0.15, 0.2) is 18.2 Å². The van der Waals surface area contributed by atoms with E-state index in [1.165, 1.54) is 19.2 Å². The minimum atomic E-state index is -1.07. The van der Waals surface area contributed by atoms with Crippen LogP contribution in [0.3, 0.4) is 0 Å². The maximum atomic E-state index is 12.0. The van der Waals surface area contributed by atoms with Gasteiger partial charge in [-0.15, -0.1) is 0 Å². The van der Waals surface area contributed by atoms with Crippen LogP contribution >= 0.6 is 0 Å². The number of phenolic OH excluding ortho intramolecular Hbond substituents is 1. The molecule has 20 heavy (non-hydrogen) atoms. The molecule has 0 fully saturated rings. The number of benzene rings is 1. The first-order valence-electron chi connectivity index (χ1n) is 6.26.